The molecule has 0 aliphatic carbocycles. The number of carbonyl (C=O) groups excluding carboxylic acids is 1. The predicted octanol–water partition coefficient (Wildman–Crippen LogP) is 5.57. The van der Waals surface area contributed by atoms with Crippen molar-refractivity contribution in [3.8, 4) is 0 Å². The number of amides is 1. The highest BCUT2D eigenvalue weighted by atomic mass is 32.2. The summed E-state index contributed by atoms with van der Waals surface area (Å²) in [6, 6.07) is 30.8. The number of carbonyl (C=O) groups is 1. The Kier molecular flexibility index (Phi) is 8.65. The van der Waals surface area contributed by atoms with E-state index in [4.69, 9.17) is 0 Å². The zero-order valence-electron chi connectivity index (χ0n) is 21.6. The summed E-state index contributed by atoms with van der Waals surface area (Å²) in [5.41, 5.74) is 3.45. The minimum absolute atomic E-state index is 0.00910. The van der Waals surface area contributed by atoms with Gasteiger partial charge in [0.25, 0.3) is 5.91 Å². The van der Waals surface area contributed by atoms with E-state index < -0.39 is 11.2 Å². The molecular weight excluding hydrogens is 476 g/mol. The Morgan fingerprint density at radius 1 is 0.757 bits per heavy atom. The molecule has 1 unspecified atom stereocenters. The topological polar surface area (TPSA) is 46.6 Å². The Morgan fingerprint density at radius 3 is 1.81 bits per heavy atom. The van der Waals surface area contributed by atoms with Crippen molar-refractivity contribution >= 4 is 17.1 Å². The summed E-state index contributed by atoms with van der Waals surface area (Å²) in [6.07, 6.45) is 5.80. The Bertz CT molecular complexity index is 1070. The third-order valence-electron chi connectivity index (χ3n) is 8.17. The van der Waals surface area contributed by atoms with Crippen LogP contribution in [0.3, 0.4) is 0 Å². The van der Waals surface area contributed by atoms with Crippen LogP contribution in [0, 0.1) is 0 Å². The number of hydrogen-bond donors (Lipinski definition) is 0. The molecular formula is C32H38N2O2S. The molecule has 0 bridgehead atoms. The highest BCUT2D eigenvalue weighted by Crippen LogP contribution is 2.38. The molecule has 2 fully saturated rings. The Labute approximate surface area is 224 Å². The molecule has 5 heteroatoms. The van der Waals surface area contributed by atoms with E-state index in [-0.39, 0.29) is 22.3 Å². The van der Waals surface area contributed by atoms with E-state index in [0.717, 1.165) is 43.6 Å². The molecule has 0 saturated carbocycles. The fraction of sp³-hybridized carbons (Fsp3) is 0.406. The van der Waals surface area contributed by atoms with E-state index in [1.165, 1.54) is 37.9 Å². The average Bonchev–Trinajstić information content (AvgIpc) is 2.96. The van der Waals surface area contributed by atoms with Gasteiger partial charge in [-0.3, -0.25) is 4.79 Å². The molecule has 2 aliphatic heterocycles. The summed E-state index contributed by atoms with van der Waals surface area (Å²) in [4.78, 5) is 18.0. The lowest BCUT2D eigenvalue weighted by atomic mass is 9.72. The van der Waals surface area contributed by atoms with Gasteiger partial charge in [-0.05, 0) is 55.5 Å². The number of piperidine rings is 2. The zero-order valence-corrected chi connectivity index (χ0v) is 22.5. The van der Waals surface area contributed by atoms with E-state index in [1.54, 1.807) is 0 Å². The smallest absolute Gasteiger partial charge is 0.272 e. The van der Waals surface area contributed by atoms with Gasteiger partial charge in [0, 0.05) is 36.2 Å². The summed E-state index contributed by atoms with van der Waals surface area (Å²) in [5.74, 6) is 0.0636. The summed E-state index contributed by atoms with van der Waals surface area (Å²) < 4.78 is 13.7. The van der Waals surface area contributed by atoms with Gasteiger partial charge in [0.15, 0.2) is 11.0 Å². The highest BCUT2D eigenvalue weighted by molar-refractivity contribution is 7.92. The molecule has 0 N–H and O–H groups in total. The van der Waals surface area contributed by atoms with E-state index in [1.807, 2.05) is 65.6 Å². The van der Waals surface area contributed by atoms with Gasteiger partial charge in [-0.25, -0.2) is 0 Å². The number of nitrogens with zero attached hydrogens (tertiary/aromatic N) is 2. The first-order chi connectivity index (χ1) is 18.1. The van der Waals surface area contributed by atoms with Crippen LogP contribution in [-0.2, 0) is 21.4 Å². The molecule has 3 aromatic carbocycles. The van der Waals surface area contributed by atoms with E-state index in [0.29, 0.717) is 0 Å². The van der Waals surface area contributed by atoms with Crippen LogP contribution in [0.25, 0.3) is 0 Å². The van der Waals surface area contributed by atoms with Gasteiger partial charge < -0.3 is 14.4 Å². The molecule has 2 heterocycles. The molecule has 5 rings (SSSR count). The van der Waals surface area contributed by atoms with Crippen molar-refractivity contribution in [1.29, 1.82) is 0 Å². The first kappa shape index (κ1) is 26.0. The van der Waals surface area contributed by atoms with Crippen molar-refractivity contribution in [1.82, 2.24) is 9.80 Å². The average molecular weight is 515 g/mol. The third kappa shape index (κ3) is 6.28. The standard InChI is InChI=1S/C32H38N2O2S/c35-30(25-37(36)31(27-13-5-1-6-14-27)28-15-7-2-8-16-28)34-23-19-32(20-24-34,29-17-9-3-10-18-29)26-33-21-11-4-12-22-33/h1-3,5-10,13-18,31H,4,11-12,19-26H2. The van der Waals surface area contributed by atoms with Gasteiger partial charge in [0.1, 0.15) is 0 Å². The Balaban J connectivity index is 1.28. The van der Waals surface area contributed by atoms with Crippen molar-refractivity contribution in [2.24, 2.45) is 0 Å². The first-order valence-corrected chi connectivity index (χ1v) is 15.1. The summed E-state index contributed by atoms with van der Waals surface area (Å²) >= 11 is -1.35. The first-order valence-electron chi connectivity index (χ1n) is 13.7. The maximum atomic E-state index is 13.7. The molecule has 2 aliphatic rings. The SMILES string of the molecule is O=C(C[S+]([O-])C(c1ccccc1)c1ccccc1)N1CCC(CN2CCCCC2)(c2ccccc2)CC1. The minimum atomic E-state index is -1.35. The van der Waals surface area contributed by atoms with Crippen LogP contribution in [0.4, 0.5) is 0 Å². The molecule has 1 amide bonds. The van der Waals surface area contributed by atoms with Gasteiger partial charge in [-0.15, -0.1) is 0 Å². The van der Waals surface area contributed by atoms with Gasteiger partial charge >= 0.3 is 0 Å². The minimum Gasteiger partial charge on any atom is -0.615 e. The largest absolute Gasteiger partial charge is 0.615 e. The lowest BCUT2D eigenvalue weighted by Gasteiger charge is -2.45. The van der Waals surface area contributed by atoms with Crippen LogP contribution < -0.4 is 0 Å². The third-order valence-corrected chi connectivity index (χ3v) is 9.77. The van der Waals surface area contributed by atoms with Crippen LogP contribution >= 0.6 is 0 Å². The van der Waals surface area contributed by atoms with Crippen LogP contribution in [0.15, 0.2) is 91.0 Å². The van der Waals surface area contributed by atoms with Gasteiger partial charge in [-0.2, -0.15) is 0 Å². The fourth-order valence-corrected chi connectivity index (χ4v) is 7.62. The van der Waals surface area contributed by atoms with Crippen LogP contribution in [0.5, 0.6) is 0 Å². The molecule has 194 valence electrons. The molecule has 0 spiro atoms. The molecule has 2 saturated heterocycles. The van der Waals surface area contributed by atoms with Crippen molar-refractivity contribution < 1.29 is 9.35 Å². The predicted molar refractivity (Wildman–Crippen MR) is 152 cm³/mol. The second kappa shape index (κ2) is 12.3. The second-order valence-electron chi connectivity index (χ2n) is 10.6. The van der Waals surface area contributed by atoms with Gasteiger partial charge in [0.05, 0.1) is 0 Å². The van der Waals surface area contributed by atoms with Crippen LogP contribution in [0.2, 0.25) is 0 Å². The highest BCUT2D eigenvalue weighted by Gasteiger charge is 2.40. The van der Waals surface area contributed by atoms with E-state index in [9.17, 15) is 9.35 Å². The summed E-state index contributed by atoms with van der Waals surface area (Å²) in [6.45, 7) is 4.86. The second-order valence-corrected chi connectivity index (χ2v) is 12.1. The number of hydrogen-bond acceptors (Lipinski definition) is 3. The number of likely N-dealkylation sites (tertiary alicyclic amines) is 2. The normalized spacial score (nSPS) is 19.0. The summed E-state index contributed by atoms with van der Waals surface area (Å²) in [7, 11) is 0. The molecule has 37 heavy (non-hydrogen) atoms. The fourth-order valence-electron chi connectivity index (χ4n) is 6.11. The van der Waals surface area contributed by atoms with Crippen molar-refractivity contribution in [2.75, 3.05) is 38.5 Å². The maximum absolute atomic E-state index is 13.7. The van der Waals surface area contributed by atoms with Gasteiger partial charge in [-0.1, -0.05) is 97.4 Å². The number of benzene rings is 3. The lowest BCUT2D eigenvalue weighted by Crippen LogP contribution is -2.52. The quantitative estimate of drug-likeness (QED) is 0.369. The lowest BCUT2D eigenvalue weighted by molar-refractivity contribution is -0.130. The van der Waals surface area contributed by atoms with Crippen molar-refractivity contribution in [2.45, 2.75) is 42.8 Å². The maximum Gasteiger partial charge on any atom is 0.272 e. The van der Waals surface area contributed by atoms with E-state index in [2.05, 4.69) is 35.2 Å². The Morgan fingerprint density at radius 2 is 1.27 bits per heavy atom. The van der Waals surface area contributed by atoms with Crippen LogP contribution in [-0.4, -0.2) is 58.7 Å². The van der Waals surface area contributed by atoms with Crippen molar-refractivity contribution in [3.05, 3.63) is 108 Å². The van der Waals surface area contributed by atoms with E-state index >= 15 is 0 Å². The molecule has 3 aromatic rings. The van der Waals surface area contributed by atoms with Gasteiger partial charge in [0.2, 0.25) is 0 Å². The molecule has 0 radical (unpaired) electrons. The monoisotopic (exact) mass is 514 g/mol. The summed E-state index contributed by atoms with van der Waals surface area (Å²) in [5, 5.41) is -0.307. The zero-order chi connectivity index (χ0) is 25.5. The van der Waals surface area contributed by atoms with Crippen LogP contribution in [0.1, 0.15) is 54.0 Å². The molecule has 1 atom stereocenters. The number of rotatable bonds is 8. The van der Waals surface area contributed by atoms with Crippen molar-refractivity contribution in [3.63, 3.8) is 0 Å². The molecule has 4 nitrogen and oxygen atoms in total. The Hall–Kier alpha value is -2.60. The molecule has 0 aromatic heterocycles.